The van der Waals surface area contributed by atoms with E-state index in [0.717, 1.165) is 12.0 Å². The molecule has 0 amide bonds. The van der Waals surface area contributed by atoms with Crippen molar-refractivity contribution in [2.75, 3.05) is 13.1 Å². The zero-order valence-electron chi connectivity index (χ0n) is 10.9. The Kier molecular flexibility index (Phi) is 4.05. The molecule has 0 N–H and O–H groups in total. The van der Waals surface area contributed by atoms with Crippen LogP contribution in [0.2, 0.25) is 0 Å². The Labute approximate surface area is 119 Å². The second kappa shape index (κ2) is 5.75. The number of halogens is 1. The highest BCUT2D eigenvalue weighted by atomic mass is 79.9. The SMILES string of the molecule is Brc1cccc(C2CCCN(C3CCCC3)C2)c1. The van der Waals surface area contributed by atoms with E-state index < -0.39 is 0 Å². The first kappa shape index (κ1) is 12.7. The van der Waals surface area contributed by atoms with Crippen LogP contribution < -0.4 is 0 Å². The maximum absolute atomic E-state index is 3.60. The summed E-state index contributed by atoms with van der Waals surface area (Å²) in [7, 11) is 0. The first-order valence-corrected chi connectivity index (χ1v) is 8.12. The monoisotopic (exact) mass is 307 g/mol. The van der Waals surface area contributed by atoms with Gasteiger partial charge in [0.05, 0.1) is 0 Å². The summed E-state index contributed by atoms with van der Waals surface area (Å²) in [6.45, 7) is 2.61. The summed E-state index contributed by atoms with van der Waals surface area (Å²) in [5.74, 6) is 0.747. The van der Waals surface area contributed by atoms with Gasteiger partial charge in [0.1, 0.15) is 0 Å². The first-order chi connectivity index (χ1) is 8.83. The van der Waals surface area contributed by atoms with Gasteiger partial charge in [-0.1, -0.05) is 40.9 Å². The van der Waals surface area contributed by atoms with Gasteiger partial charge in [0.15, 0.2) is 0 Å². The predicted molar refractivity (Wildman–Crippen MR) is 79.9 cm³/mol. The molecule has 1 nitrogen and oxygen atoms in total. The van der Waals surface area contributed by atoms with Gasteiger partial charge in [0.25, 0.3) is 0 Å². The zero-order chi connectivity index (χ0) is 12.4. The maximum Gasteiger partial charge on any atom is 0.0178 e. The van der Waals surface area contributed by atoms with Crippen LogP contribution in [-0.2, 0) is 0 Å². The van der Waals surface area contributed by atoms with Gasteiger partial charge in [-0.15, -0.1) is 0 Å². The number of hydrogen-bond donors (Lipinski definition) is 0. The van der Waals surface area contributed by atoms with Crippen molar-refractivity contribution in [2.45, 2.75) is 50.5 Å². The Hall–Kier alpha value is -0.340. The summed E-state index contributed by atoms with van der Waals surface area (Å²) in [5, 5.41) is 0. The number of likely N-dealkylation sites (tertiary alicyclic amines) is 1. The summed E-state index contributed by atoms with van der Waals surface area (Å²) >= 11 is 3.60. The molecule has 0 aromatic heterocycles. The van der Waals surface area contributed by atoms with Crippen LogP contribution in [0, 0.1) is 0 Å². The third kappa shape index (κ3) is 2.80. The summed E-state index contributed by atoms with van der Waals surface area (Å²) < 4.78 is 1.22. The van der Waals surface area contributed by atoms with Gasteiger partial charge < -0.3 is 0 Å². The van der Waals surface area contributed by atoms with E-state index in [1.807, 2.05) is 0 Å². The molecule has 2 fully saturated rings. The van der Waals surface area contributed by atoms with Crippen LogP contribution in [0.5, 0.6) is 0 Å². The van der Waals surface area contributed by atoms with Gasteiger partial charge in [-0.25, -0.2) is 0 Å². The number of nitrogens with zero attached hydrogens (tertiary/aromatic N) is 1. The Morgan fingerprint density at radius 3 is 2.67 bits per heavy atom. The lowest BCUT2D eigenvalue weighted by Gasteiger charge is -2.37. The fourth-order valence-electron chi connectivity index (χ4n) is 3.64. The molecule has 1 atom stereocenters. The summed E-state index contributed by atoms with van der Waals surface area (Å²) in [6.07, 6.45) is 8.50. The van der Waals surface area contributed by atoms with E-state index in [1.54, 1.807) is 0 Å². The Balaban J connectivity index is 1.69. The molecule has 3 rings (SSSR count). The average molecular weight is 308 g/mol. The molecule has 1 aliphatic carbocycles. The average Bonchev–Trinajstić information content (AvgIpc) is 2.93. The molecule has 1 aromatic rings. The molecular weight excluding hydrogens is 286 g/mol. The van der Waals surface area contributed by atoms with E-state index in [-0.39, 0.29) is 0 Å². The van der Waals surface area contributed by atoms with E-state index in [0.29, 0.717) is 0 Å². The van der Waals surface area contributed by atoms with E-state index >= 15 is 0 Å². The summed E-state index contributed by atoms with van der Waals surface area (Å²) in [4.78, 5) is 2.77. The minimum atomic E-state index is 0.747. The van der Waals surface area contributed by atoms with E-state index in [1.165, 1.54) is 61.7 Å². The van der Waals surface area contributed by atoms with E-state index in [9.17, 15) is 0 Å². The molecule has 0 bridgehead atoms. The van der Waals surface area contributed by atoms with E-state index in [4.69, 9.17) is 0 Å². The Morgan fingerprint density at radius 2 is 1.89 bits per heavy atom. The molecule has 1 unspecified atom stereocenters. The molecule has 1 aromatic carbocycles. The quantitative estimate of drug-likeness (QED) is 0.773. The van der Waals surface area contributed by atoms with Crippen molar-refractivity contribution < 1.29 is 0 Å². The topological polar surface area (TPSA) is 3.24 Å². The van der Waals surface area contributed by atoms with Crippen molar-refractivity contribution >= 4 is 15.9 Å². The Morgan fingerprint density at radius 1 is 1.06 bits per heavy atom. The van der Waals surface area contributed by atoms with Crippen LogP contribution in [0.15, 0.2) is 28.7 Å². The van der Waals surface area contributed by atoms with Crippen LogP contribution >= 0.6 is 15.9 Å². The molecule has 0 radical (unpaired) electrons. The second-order valence-electron chi connectivity index (χ2n) is 5.83. The third-order valence-electron chi connectivity index (χ3n) is 4.61. The summed E-state index contributed by atoms with van der Waals surface area (Å²) in [6, 6.07) is 9.80. The van der Waals surface area contributed by atoms with Crippen LogP contribution in [0.1, 0.15) is 50.0 Å². The Bertz CT molecular complexity index is 398. The fourth-order valence-corrected chi connectivity index (χ4v) is 4.06. The number of benzene rings is 1. The highest BCUT2D eigenvalue weighted by Gasteiger charge is 2.28. The number of rotatable bonds is 2. The van der Waals surface area contributed by atoms with Crippen molar-refractivity contribution in [1.29, 1.82) is 0 Å². The van der Waals surface area contributed by atoms with Gasteiger partial charge in [-0.3, -0.25) is 4.90 Å². The minimum Gasteiger partial charge on any atom is -0.300 e. The molecule has 18 heavy (non-hydrogen) atoms. The fraction of sp³-hybridized carbons (Fsp3) is 0.625. The molecule has 2 aliphatic rings. The van der Waals surface area contributed by atoms with Gasteiger partial charge in [0.2, 0.25) is 0 Å². The van der Waals surface area contributed by atoms with Crippen LogP contribution in [-0.4, -0.2) is 24.0 Å². The molecule has 1 saturated heterocycles. The minimum absolute atomic E-state index is 0.747. The van der Waals surface area contributed by atoms with Gasteiger partial charge in [0, 0.05) is 17.1 Å². The molecular formula is C16H22BrN. The number of hydrogen-bond acceptors (Lipinski definition) is 1. The maximum atomic E-state index is 3.60. The largest absolute Gasteiger partial charge is 0.300 e. The number of piperidine rings is 1. The highest BCUT2D eigenvalue weighted by molar-refractivity contribution is 9.10. The molecule has 1 saturated carbocycles. The summed E-state index contributed by atoms with van der Waals surface area (Å²) in [5.41, 5.74) is 1.52. The molecule has 1 heterocycles. The van der Waals surface area contributed by atoms with Gasteiger partial charge >= 0.3 is 0 Å². The van der Waals surface area contributed by atoms with E-state index in [2.05, 4.69) is 45.1 Å². The molecule has 98 valence electrons. The van der Waals surface area contributed by atoms with Crippen molar-refractivity contribution in [3.63, 3.8) is 0 Å². The van der Waals surface area contributed by atoms with Crippen molar-refractivity contribution in [3.05, 3.63) is 34.3 Å². The standard InChI is InChI=1S/C16H22BrN/c17-15-7-3-5-13(11-15)14-6-4-10-18(12-14)16-8-1-2-9-16/h3,5,7,11,14,16H,1-2,4,6,8-10,12H2. The van der Waals surface area contributed by atoms with Crippen molar-refractivity contribution in [3.8, 4) is 0 Å². The van der Waals surface area contributed by atoms with Crippen molar-refractivity contribution in [2.24, 2.45) is 0 Å². The smallest absolute Gasteiger partial charge is 0.0178 e. The first-order valence-electron chi connectivity index (χ1n) is 7.32. The van der Waals surface area contributed by atoms with Crippen LogP contribution in [0.25, 0.3) is 0 Å². The van der Waals surface area contributed by atoms with Gasteiger partial charge in [-0.05, 0) is 55.8 Å². The lowest BCUT2D eigenvalue weighted by atomic mass is 9.90. The predicted octanol–water partition coefficient (Wildman–Crippen LogP) is 4.57. The molecule has 2 heteroatoms. The van der Waals surface area contributed by atoms with Crippen LogP contribution in [0.4, 0.5) is 0 Å². The lowest BCUT2D eigenvalue weighted by Crippen LogP contribution is -2.40. The van der Waals surface area contributed by atoms with Crippen LogP contribution in [0.3, 0.4) is 0 Å². The zero-order valence-corrected chi connectivity index (χ0v) is 12.5. The lowest BCUT2D eigenvalue weighted by molar-refractivity contribution is 0.150. The molecule has 1 aliphatic heterocycles. The third-order valence-corrected chi connectivity index (χ3v) is 5.11. The second-order valence-corrected chi connectivity index (χ2v) is 6.74. The van der Waals surface area contributed by atoms with Gasteiger partial charge in [-0.2, -0.15) is 0 Å². The normalized spacial score (nSPS) is 26.6. The van der Waals surface area contributed by atoms with Crippen molar-refractivity contribution in [1.82, 2.24) is 4.90 Å². The highest BCUT2D eigenvalue weighted by Crippen LogP contribution is 2.32. The molecule has 0 spiro atoms.